The molecule has 0 unspecified atom stereocenters. The van der Waals surface area contributed by atoms with Crippen molar-refractivity contribution < 1.29 is 14.3 Å². The van der Waals surface area contributed by atoms with Crippen molar-refractivity contribution >= 4 is 11.9 Å². The Hall–Kier alpha value is -1.75. The molecule has 5 heteroatoms. The molecule has 0 aliphatic heterocycles. The number of nitrogens with zero attached hydrogens (tertiary/aromatic N) is 2. The quantitative estimate of drug-likeness (QED) is 0.689. The molecular weight excluding hydrogens is 187 g/mol. The van der Waals surface area contributed by atoms with Gasteiger partial charge in [-0.15, -0.1) is 0 Å². The predicted molar refractivity (Wildman–Crippen MR) is 48.7 cm³/mol. The van der Waals surface area contributed by atoms with Gasteiger partial charge in [0.2, 0.25) is 0 Å². The number of carbonyl (C=O) groups excluding carboxylic acids is 1. The molecule has 0 fully saturated rings. The summed E-state index contributed by atoms with van der Waals surface area (Å²) in [6.07, 6.45) is 3.56. The lowest BCUT2D eigenvalue weighted by molar-refractivity contribution is 0.111. The largest absolute Gasteiger partial charge is 0.400 e. The van der Waals surface area contributed by atoms with Gasteiger partial charge in [-0.1, -0.05) is 0 Å². The molecule has 1 N–H and O–H groups in total. The highest BCUT2D eigenvalue weighted by Gasteiger charge is 2.01. The van der Waals surface area contributed by atoms with E-state index in [1.54, 1.807) is 0 Å². The minimum absolute atomic E-state index is 0.356. The lowest BCUT2D eigenvalue weighted by atomic mass is 10.4. The predicted octanol–water partition coefficient (Wildman–Crippen LogP) is 0.894. The van der Waals surface area contributed by atoms with Gasteiger partial charge in [0.15, 0.2) is 6.29 Å². The van der Waals surface area contributed by atoms with Crippen LogP contribution in [0, 0.1) is 5.82 Å². The van der Waals surface area contributed by atoms with Crippen molar-refractivity contribution in [3.8, 4) is 0 Å². The Morgan fingerprint density at radius 2 is 2.29 bits per heavy atom. The smallest absolute Gasteiger partial charge is 0.168 e. The molecule has 0 atom stereocenters. The summed E-state index contributed by atoms with van der Waals surface area (Å²) in [6.45, 7) is 0. The minimum atomic E-state index is -0.356. The number of rotatable bonds is 1. The SMILES string of the molecule is CO.O=Cc1cnc2cc(F)ccn12. The first-order chi connectivity index (χ1) is 6.81. The van der Waals surface area contributed by atoms with Crippen LogP contribution in [-0.2, 0) is 0 Å². The van der Waals surface area contributed by atoms with Crippen LogP contribution < -0.4 is 0 Å². The van der Waals surface area contributed by atoms with E-state index in [9.17, 15) is 9.18 Å². The molecule has 0 saturated heterocycles. The third-order valence-corrected chi connectivity index (χ3v) is 1.62. The highest BCUT2D eigenvalue weighted by Crippen LogP contribution is 2.06. The molecule has 0 amide bonds. The van der Waals surface area contributed by atoms with Crippen molar-refractivity contribution in [1.29, 1.82) is 0 Å². The summed E-state index contributed by atoms with van der Waals surface area (Å²) in [5.41, 5.74) is 0.863. The number of aromatic nitrogens is 2. The van der Waals surface area contributed by atoms with Crippen LogP contribution in [0.25, 0.3) is 5.65 Å². The molecule has 0 spiro atoms. The molecule has 2 aromatic heterocycles. The third-order valence-electron chi connectivity index (χ3n) is 1.62. The van der Waals surface area contributed by atoms with E-state index in [2.05, 4.69) is 4.98 Å². The van der Waals surface area contributed by atoms with Gasteiger partial charge in [-0.25, -0.2) is 9.37 Å². The molecule has 0 aliphatic carbocycles. The molecule has 0 saturated carbocycles. The Balaban J connectivity index is 0.000000461. The highest BCUT2D eigenvalue weighted by atomic mass is 19.1. The molecule has 0 bridgehead atoms. The van der Waals surface area contributed by atoms with E-state index in [0.717, 1.165) is 7.11 Å². The standard InChI is InChI=1S/C8H5FN2O.CH4O/c9-6-1-2-11-7(5-12)4-10-8(11)3-6;1-2/h1-5H;2H,1H3. The number of hydrogen-bond donors (Lipinski definition) is 1. The zero-order chi connectivity index (χ0) is 10.6. The van der Waals surface area contributed by atoms with Gasteiger partial charge in [0.25, 0.3) is 0 Å². The number of hydrogen-bond acceptors (Lipinski definition) is 3. The van der Waals surface area contributed by atoms with Gasteiger partial charge in [0.05, 0.1) is 6.20 Å². The van der Waals surface area contributed by atoms with E-state index in [4.69, 9.17) is 5.11 Å². The fourth-order valence-corrected chi connectivity index (χ4v) is 1.06. The second-order valence-electron chi connectivity index (χ2n) is 2.37. The van der Waals surface area contributed by atoms with E-state index in [1.165, 1.54) is 28.9 Å². The zero-order valence-electron chi connectivity index (χ0n) is 7.51. The molecule has 0 aliphatic rings. The van der Waals surface area contributed by atoms with Crippen molar-refractivity contribution in [3.05, 3.63) is 36.0 Å². The van der Waals surface area contributed by atoms with Gasteiger partial charge in [0.1, 0.15) is 17.2 Å². The minimum Gasteiger partial charge on any atom is -0.400 e. The van der Waals surface area contributed by atoms with E-state index < -0.39 is 0 Å². The summed E-state index contributed by atoms with van der Waals surface area (Å²) in [7, 11) is 1.00. The van der Waals surface area contributed by atoms with Crippen LogP contribution >= 0.6 is 0 Å². The summed E-state index contributed by atoms with van der Waals surface area (Å²) in [6, 6.07) is 2.55. The summed E-state index contributed by atoms with van der Waals surface area (Å²) >= 11 is 0. The van der Waals surface area contributed by atoms with Gasteiger partial charge in [-0.05, 0) is 6.07 Å². The maximum Gasteiger partial charge on any atom is 0.168 e. The van der Waals surface area contributed by atoms with Crippen molar-refractivity contribution in [2.75, 3.05) is 7.11 Å². The molecule has 14 heavy (non-hydrogen) atoms. The topological polar surface area (TPSA) is 54.6 Å². The molecule has 0 aromatic carbocycles. The maximum atomic E-state index is 12.6. The number of imidazole rings is 1. The van der Waals surface area contributed by atoms with Crippen molar-refractivity contribution in [2.45, 2.75) is 0 Å². The fourth-order valence-electron chi connectivity index (χ4n) is 1.06. The molecule has 0 radical (unpaired) electrons. The Bertz CT molecular complexity index is 439. The Kier molecular flexibility index (Phi) is 3.30. The molecule has 74 valence electrons. The van der Waals surface area contributed by atoms with Crippen LogP contribution in [0.2, 0.25) is 0 Å². The molecule has 2 heterocycles. The summed E-state index contributed by atoms with van der Waals surface area (Å²) in [4.78, 5) is 14.3. The number of aliphatic hydroxyl groups excluding tert-OH is 1. The van der Waals surface area contributed by atoms with Crippen molar-refractivity contribution in [3.63, 3.8) is 0 Å². The fraction of sp³-hybridized carbons (Fsp3) is 0.111. The zero-order valence-corrected chi connectivity index (χ0v) is 7.51. The Morgan fingerprint density at radius 3 is 2.93 bits per heavy atom. The van der Waals surface area contributed by atoms with Gasteiger partial charge in [-0.3, -0.25) is 9.20 Å². The second kappa shape index (κ2) is 4.48. The Labute approximate surface area is 79.6 Å². The van der Waals surface area contributed by atoms with Crippen LogP contribution in [0.15, 0.2) is 24.5 Å². The number of aldehydes is 1. The average molecular weight is 196 g/mol. The van der Waals surface area contributed by atoms with E-state index in [0.29, 0.717) is 17.6 Å². The van der Waals surface area contributed by atoms with Crippen LogP contribution in [0.1, 0.15) is 10.5 Å². The third kappa shape index (κ3) is 1.77. The van der Waals surface area contributed by atoms with E-state index in [1.807, 2.05) is 0 Å². The lowest BCUT2D eigenvalue weighted by Gasteiger charge is -1.93. The van der Waals surface area contributed by atoms with Gasteiger partial charge in [0, 0.05) is 19.4 Å². The van der Waals surface area contributed by atoms with E-state index >= 15 is 0 Å². The number of pyridine rings is 1. The summed E-state index contributed by atoms with van der Waals surface area (Å²) < 4.78 is 14.1. The monoisotopic (exact) mass is 196 g/mol. The molecule has 4 nitrogen and oxygen atoms in total. The first-order valence-corrected chi connectivity index (χ1v) is 3.84. The average Bonchev–Trinajstić information content (AvgIpc) is 2.62. The number of halogens is 1. The van der Waals surface area contributed by atoms with Crippen LogP contribution in [0.3, 0.4) is 0 Å². The second-order valence-corrected chi connectivity index (χ2v) is 2.37. The lowest BCUT2D eigenvalue weighted by Crippen LogP contribution is -1.90. The van der Waals surface area contributed by atoms with Gasteiger partial charge < -0.3 is 5.11 Å². The Morgan fingerprint density at radius 1 is 1.57 bits per heavy atom. The highest BCUT2D eigenvalue weighted by molar-refractivity contribution is 5.73. The molecular formula is C9H9FN2O2. The maximum absolute atomic E-state index is 12.6. The summed E-state index contributed by atoms with van der Waals surface area (Å²) in [5.74, 6) is -0.356. The summed E-state index contributed by atoms with van der Waals surface area (Å²) in [5, 5.41) is 7.00. The van der Waals surface area contributed by atoms with Crippen LogP contribution in [0.5, 0.6) is 0 Å². The normalized spacial score (nSPS) is 9.36. The first-order valence-electron chi connectivity index (χ1n) is 3.84. The molecule has 2 aromatic rings. The molecule has 2 rings (SSSR count). The number of fused-ring (bicyclic) bond motifs is 1. The first kappa shape index (κ1) is 10.3. The van der Waals surface area contributed by atoms with Crippen LogP contribution in [0.4, 0.5) is 4.39 Å². The number of carbonyl (C=O) groups is 1. The van der Waals surface area contributed by atoms with Gasteiger partial charge >= 0.3 is 0 Å². The van der Waals surface area contributed by atoms with Gasteiger partial charge in [-0.2, -0.15) is 0 Å². The van der Waals surface area contributed by atoms with Crippen molar-refractivity contribution in [2.24, 2.45) is 0 Å². The van der Waals surface area contributed by atoms with Crippen LogP contribution in [-0.4, -0.2) is 27.9 Å². The number of aliphatic hydroxyl groups is 1. The van der Waals surface area contributed by atoms with Crippen molar-refractivity contribution in [1.82, 2.24) is 9.38 Å². The van der Waals surface area contributed by atoms with E-state index in [-0.39, 0.29) is 5.82 Å².